The molecule has 0 spiro atoms. The molecule has 9 nitrogen and oxygen atoms in total. The number of nitrogens with zero attached hydrogens (tertiary/aromatic N) is 4. The largest absolute Gasteiger partial charge is 0.449 e. The van der Waals surface area contributed by atoms with Crippen LogP contribution < -0.4 is 15.9 Å². The Balaban J connectivity index is 1.74. The Kier molecular flexibility index (Phi) is 5.97. The monoisotopic (exact) mass is 491 g/mol. The second-order valence-electron chi connectivity index (χ2n) is 7.48. The van der Waals surface area contributed by atoms with Gasteiger partial charge in [-0.05, 0) is 37.1 Å². The van der Waals surface area contributed by atoms with Crippen LogP contribution in [0.1, 0.15) is 40.2 Å². The molecule has 13 heteroatoms. The van der Waals surface area contributed by atoms with E-state index in [1.807, 2.05) is 0 Å². The Morgan fingerprint density at radius 2 is 2.00 bits per heavy atom. The van der Waals surface area contributed by atoms with Crippen LogP contribution in [-0.4, -0.2) is 25.5 Å². The van der Waals surface area contributed by atoms with Crippen LogP contribution in [0, 0.1) is 17.2 Å². The first kappa shape index (κ1) is 23.2. The molecule has 0 bridgehead atoms. The Labute approximate surface area is 193 Å². The van der Waals surface area contributed by atoms with Crippen LogP contribution >= 0.6 is 11.6 Å². The number of carbonyl (C=O) groups is 1. The van der Waals surface area contributed by atoms with E-state index in [1.165, 1.54) is 12.1 Å². The number of benzene rings is 1. The van der Waals surface area contributed by atoms with Gasteiger partial charge in [0.25, 0.3) is 11.1 Å². The fourth-order valence-electron chi connectivity index (χ4n) is 3.13. The summed E-state index contributed by atoms with van der Waals surface area (Å²) in [5.41, 5.74) is -3.56. The molecule has 2 heterocycles. The van der Waals surface area contributed by atoms with Crippen molar-refractivity contribution in [2.24, 2.45) is 5.92 Å². The number of hydrogen-bond donors (Lipinski definition) is 1. The molecule has 0 unspecified atom stereocenters. The summed E-state index contributed by atoms with van der Waals surface area (Å²) in [5, 5.41) is 15.0. The van der Waals surface area contributed by atoms with Crippen molar-refractivity contribution in [2.45, 2.75) is 25.6 Å². The molecule has 34 heavy (non-hydrogen) atoms. The summed E-state index contributed by atoms with van der Waals surface area (Å²) in [5.74, 6) is -2.02. The summed E-state index contributed by atoms with van der Waals surface area (Å²) in [7, 11) is 0. The van der Waals surface area contributed by atoms with Crippen LogP contribution in [0.3, 0.4) is 0 Å². The molecule has 0 aliphatic heterocycles. The quantitative estimate of drug-likeness (QED) is 0.523. The van der Waals surface area contributed by atoms with Gasteiger partial charge >= 0.3 is 6.18 Å². The van der Waals surface area contributed by atoms with Gasteiger partial charge in [0, 0.05) is 10.9 Å². The number of H-pyrrole nitrogens is 1. The van der Waals surface area contributed by atoms with E-state index in [0.29, 0.717) is 19.2 Å². The number of nitrogens with one attached hydrogen (secondary N) is 1. The summed E-state index contributed by atoms with van der Waals surface area (Å²) in [6, 6.07) is 6.49. The molecule has 1 saturated carbocycles. The average molecular weight is 492 g/mol. The normalized spacial score (nSPS) is 13.4. The van der Waals surface area contributed by atoms with Crippen molar-refractivity contribution in [3.63, 3.8) is 0 Å². The van der Waals surface area contributed by atoms with Crippen LogP contribution in [-0.2, 0) is 12.7 Å². The van der Waals surface area contributed by atoms with Crippen molar-refractivity contribution in [2.75, 3.05) is 0 Å². The summed E-state index contributed by atoms with van der Waals surface area (Å²) >= 11 is 5.87. The van der Waals surface area contributed by atoms with Crippen molar-refractivity contribution in [1.29, 1.82) is 5.26 Å². The number of alkyl halides is 3. The number of aromatic nitrogens is 4. The lowest BCUT2D eigenvalue weighted by molar-refractivity contribution is -0.142. The van der Waals surface area contributed by atoms with Crippen molar-refractivity contribution < 1.29 is 22.7 Å². The number of aromatic amines is 1. The molecule has 2 aromatic heterocycles. The van der Waals surface area contributed by atoms with Gasteiger partial charge in [-0.25, -0.2) is 10.1 Å². The van der Waals surface area contributed by atoms with E-state index in [1.54, 1.807) is 6.07 Å². The van der Waals surface area contributed by atoms with E-state index in [9.17, 15) is 27.6 Å². The second kappa shape index (κ2) is 8.75. The lowest BCUT2D eigenvalue weighted by Crippen LogP contribution is -2.28. The van der Waals surface area contributed by atoms with Crippen LogP contribution in [0.25, 0.3) is 0 Å². The number of rotatable bonds is 6. The zero-order valence-electron chi connectivity index (χ0n) is 17.0. The average Bonchev–Trinajstić information content (AvgIpc) is 3.61. The molecular formula is C21H13ClF3N5O4. The maximum atomic E-state index is 13.5. The van der Waals surface area contributed by atoms with Gasteiger partial charge in [-0.15, -0.1) is 0 Å². The number of halogens is 4. The van der Waals surface area contributed by atoms with E-state index in [-0.39, 0.29) is 39.3 Å². The number of nitriles is 1. The minimum absolute atomic E-state index is 0.00516. The summed E-state index contributed by atoms with van der Waals surface area (Å²) < 4.78 is 46.6. The van der Waals surface area contributed by atoms with E-state index in [2.05, 4.69) is 15.2 Å². The van der Waals surface area contributed by atoms with Crippen LogP contribution in [0.5, 0.6) is 11.5 Å². The van der Waals surface area contributed by atoms with Crippen LogP contribution in [0.2, 0.25) is 5.02 Å². The Hall–Kier alpha value is -3.98. The summed E-state index contributed by atoms with van der Waals surface area (Å²) in [6.07, 6.45) is -3.04. The maximum Gasteiger partial charge on any atom is 0.437 e. The zero-order valence-corrected chi connectivity index (χ0v) is 17.8. The topological polar surface area (TPSA) is 131 Å². The van der Waals surface area contributed by atoms with Gasteiger partial charge in [0.05, 0.1) is 35.8 Å². The van der Waals surface area contributed by atoms with Crippen molar-refractivity contribution in [1.82, 2.24) is 19.7 Å². The highest BCUT2D eigenvalue weighted by atomic mass is 35.5. The molecule has 0 radical (unpaired) electrons. The predicted octanol–water partition coefficient (Wildman–Crippen LogP) is 3.30. The third-order valence-corrected chi connectivity index (χ3v) is 5.11. The molecule has 174 valence electrons. The van der Waals surface area contributed by atoms with Crippen LogP contribution in [0.4, 0.5) is 13.2 Å². The van der Waals surface area contributed by atoms with Gasteiger partial charge < -0.3 is 4.74 Å². The molecule has 4 rings (SSSR count). The molecule has 0 atom stereocenters. The summed E-state index contributed by atoms with van der Waals surface area (Å²) in [4.78, 5) is 40.5. The van der Waals surface area contributed by atoms with E-state index in [4.69, 9.17) is 21.6 Å². The number of Topliss-reactive ketones (excluding diaryl/α,β-unsaturated/α-hetero) is 1. The van der Waals surface area contributed by atoms with Gasteiger partial charge in [-0.2, -0.15) is 23.5 Å². The van der Waals surface area contributed by atoms with Crippen molar-refractivity contribution in [3.8, 4) is 17.6 Å². The molecule has 1 aliphatic carbocycles. The number of hydrogen-bond acceptors (Lipinski definition) is 7. The predicted molar refractivity (Wildman–Crippen MR) is 111 cm³/mol. The fraction of sp³-hybridized carbons (Fsp3) is 0.238. The van der Waals surface area contributed by atoms with E-state index in [0.717, 1.165) is 16.7 Å². The number of ketones is 1. The minimum Gasteiger partial charge on any atom is -0.449 e. The Morgan fingerprint density at radius 1 is 1.26 bits per heavy atom. The summed E-state index contributed by atoms with van der Waals surface area (Å²) in [6.45, 7) is -0.402. The smallest absolute Gasteiger partial charge is 0.437 e. The molecular weight excluding hydrogens is 479 g/mol. The number of carbonyl (C=O) groups excluding carboxylic acids is 1. The second-order valence-corrected chi connectivity index (χ2v) is 7.92. The standard InChI is InChI=1S/C21H13ClF3N5O4/c22-12-3-10(7-26)4-14(5-12)34-17-18(21(23,24)25)27-9-30(20(17)33)8-13-6-15(19(32)29-28-13)16(31)11-1-2-11/h3-6,9,11H,1-2,8H2,(H,29,32). The molecule has 1 aromatic carbocycles. The first-order valence-corrected chi connectivity index (χ1v) is 10.1. The minimum atomic E-state index is -5.02. The molecule has 3 aromatic rings. The number of ether oxygens (including phenoxy) is 1. The lowest BCUT2D eigenvalue weighted by Gasteiger charge is -2.15. The molecule has 1 fully saturated rings. The van der Waals surface area contributed by atoms with Crippen molar-refractivity contribution in [3.05, 3.63) is 78.8 Å². The van der Waals surface area contributed by atoms with E-state index < -0.39 is 35.3 Å². The zero-order chi connectivity index (χ0) is 24.6. The highest BCUT2D eigenvalue weighted by Gasteiger charge is 2.39. The third-order valence-electron chi connectivity index (χ3n) is 4.89. The van der Waals surface area contributed by atoms with Gasteiger partial charge in [-0.3, -0.25) is 19.0 Å². The third kappa shape index (κ3) is 4.84. The van der Waals surface area contributed by atoms with Gasteiger partial charge in [-0.1, -0.05) is 11.6 Å². The van der Waals surface area contributed by atoms with Gasteiger partial charge in [0.1, 0.15) is 5.75 Å². The Morgan fingerprint density at radius 3 is 2.65 bits per heavy atom. The first-order chi connectivity index (χ1) is 16.1. The van der Waals surface area contributed by atoms with E-state index >= 15 is 0 Å². The Bertz CT molecular complexity index is 1450. The molecule has 1 aliphatic rings. The molecule has 0 saturated heterocycles. The highest BCUT2D eigenvalue weighted by Crippen LogP contribution is 2.35. The molecule has 0 amide bonds. The highest BCUT2D eigenvalue weighted by molar-refractivity contribution is 6.30. The van der Waals surface area contributed by atoms with Gasteiger partial charge in [0.15, 0.2) is 11.5 Å². The van der Waals surface area contributed by atoms with Gasteiger partial charge in [0.2, 0.25) is 5.75 Å². The SMILES string of the molecule is N#Cc1cc(Cl)cc(Oc2c(C(F)(F)F)ncn(Cc3cc(C(=O)C4CC4)c(=O)[nH]n3)c2=O)c1. The van der Waals surface area contributed by atoms with Crippen molar-refractivity contribution >= 4 is 17.4 Å². The fourth-order valence-corrected chi connectivity index (χ4v) is 3.36. The van der Waals surface area contributed by atoms with Crippen LogP contribution in [0.15, 0.2) is 40.2 Å². The molecule has 1 N–H and O–H groups in total. The lowest BCUT2D eigenvalue weighted by atomic mass is 10.1. The first-order valence-electron chi connectivity index (χ1n) is 9.75. The maximum absolute atomic E-state index is 13.5.